The molecule has 1 N–H and O–H groups in total. The molecule has 1 fully saturated rings. The Labute approximate surface area is 215 Å². The fourth-order valence-corrected chi connectivity index (χ4v) is 5.59. The fraction of sp³-hybridized carbons (Fsp3) is 0.346. The minimum absolute atomic E-state index is 0. The summed E-state index contributed by atoms with van der Waals surface area (Å²) >= 11 is 1.64. The lowest BCUT2D eigenvalue weighted by Crippen LogP contribution is -2.38. The van der Waals surface area contributed by atoms with Gasteiger partial charge in [-0.2, -0.15) is 5.10 Å². The zero-order chi connectivity index (χ0) is 22.5. The van der Waals surface area contributed by atoms with E-state index in [2.05, 4.69) is 50.7 Å². The number of anilines is 2. The van der Waals surface area contributed by atoms with Crippen molar-refractivity contribution in [2.45, 2.75) is 32.1 Å². The number of thiazole rings is 1. The summed E-state index contributed by atoms with van der Waals surface area (Å²) in [6.07, 6.45) is 7.58. The van der Waals surface area contributed by atoms with Gasteiger partial charge in [0, 0.05) is 30.9 Å². The molecular weight excluding hydrogens is 510 g/mol. The van der Waals surface area contributed by atoms with Gasteiger partial charge in [-0.15, -0.1) is 17.0 Å². The molecule has 1 aromatic heterocycles. The van der Waals surface area contributed by atoms with Gasteiger partial charge in [-0.3, -0.25) is 4.79 Å². The number of fused-ring (bicyclic) bond motifs is 1. The summed E-state index contributed by atoms with van der Waals surface area (Å²) in [4.78, 5) is 23.1. The van der Waals surface area contributed by atoms with Crippen LogP contribution in [-0.4, -0.2) is 43.3 Å². The Kier molecular flexibility index (Phi) is 8.34. The predicted octanol–water partition coefficient (Wildman–Crippen LogP) is 5.28. The van der Waals surface area contributed by atoms with Crippen molar-refractivity contribution in [3.63, 3.8) is 0 Å². The van der Waals surface area contributed by atoms with E-state index in [0.29, 0.717) is 6.54 Å². The summed E-state index contributed by atoms with van der Waals surface area (Å²) in [5, 5.41) is 5.34. The van der Waals surface area contributed by atoms with Crippen LogP contribution in [0.3, 0.4) is 0 Å². The third-order valence-corrected chi connectivity index (χ3v) is 7.28. The van der Waals surface area contributed by atoms with E-state index in [0.717, 1.165) is 59.4 Å². The number of nitrogens with one attached hydrogen (secondary N) is 1. The molecule has 2 aliphatic heterocycles. The maximum absolute atomic E-state index is 12.6. The number of amides is 1. The molecule has 8 heteroatoms. The lowest BCUT2D eigenvalue weighted by molar-refractivity contribution is -0.119. The first-order chi connectivity index (χ1) is 16.3. The number of piperidine rings is 1. The van der Waals surface area contributed by atoms with Crippen LogP contribution in [0, 0.1) is 0 Å². The molecule has 34 heavy (non-hydrogen) atoms. The highest BCUT2D eigenvalue weighted by Gasteiger charge is 2.20. The molecule has 3 heterocycles. The van der Waals surface area contributed by atoms with Gasteiger partial charge in [0.1, 0.15) is 0 Å². The third kappa shape index (κ3) is 5.67. The van der Waals surface area contributed by atoms with Gasteiger partial charge in [0.2, 0.25) is 0 Å². The van der Waals surface area contributed by atoms with Gasteiger partial charge in [0.15, 0.2) is 5.13 Å². The topological polar surface area (TPSA) is 60.8 Å². The van der Waals surface area contributed by atoms with Crippen molar-refractivity contribution in [2.75, 3.05) is 36.0 Å². The molecule has 3 aromatic rings. The van der Waals surface area contributed by atoms with E-state index >= 15 is 0 Å². The smallest absolute Gasteiger partial charge is 0.259 e. The number of carbonyl (C=O) groups excluding carboxylic acids is 1. The largest absolute Gasteiger partial charge is 0.362 e. The van der Waals surface area contributed by atoms with Crippen LogP contribution >= 0.6 is 28.3 Å². The molecule has 6 nitrogen and oxygen atoms in total. The number of hydrogen-bond acceptors (Lipinski definition) is 6. The highest BCUT2D eigenvalue weighted by Crippen LogP contribution is 2.33. The third-order valence-electron chi connectivity index (χ3n) is 6.23. The standard InChI is InChI=1S/C26H29N5OS.BrH/c32-24(19-31-17-9-13-20-10-5-6-14-22(20)31)29-27-18-23-25(21-11-3-1-4-12-21)28-26(33-23)30-15-7-2-8-16-30;/h1,3-6,10-12,14,18H,2,7-9,13,15-17,19H2,(H,29,32);1H. The van der Waals surface area contributed by atoms with E-state index < -0.39 is 0 Å². The van der Waals surface area contributed by atoms with Crippen LogP contribution < -0.4 is 15.2 Å². The number of nitrogens with zero attached hydrogens (tertiary/aromatic N) is 4. The van der Waals surface area contributed by atoms with Gasteiger partial charge in [-0.1, -0.05) is 59.9 Å². The lowest BCUT2D eigenvalue weighted by atomic mass is 10.0. The van der Waals surface area contributed by atoms with Gasteiger partial charge in [0.25, 0.3) is 5.91 Å². The molecule has 1 amide bonds. The molecule has 0 aliphatic carbocycles. The van der Waals surface area contributed by atoms with Crippen LogP contribution in [0.2, 0.25) is 0 Å². The summed E-state index contributed by atoms with van der Waals surface area (Å²) < 4.78 is 0. The Morgan fingerprint density at radius 3 is 2.59 bits per heavy atom. The van der Waals surface area contributed by atoms with E-state index in [4.69, 9.17) is 4.98 Å². The summed E-state index contributed by atoms with van der Waals surface area (Å²) in [5.74, 6) is -0.106. The quantitative estimate of drug-likeness (QED) is 0.342. The van der Waals surface area contributed by atoms with Crippen LogP contribution in [0.1, 0.15) is 36.1 Å². The zero-order valence-corrected chi connectivity index (χ0v) is 21.7. The van der Waals surface area contributed by atoms with E-state index in [1.54, 1.807) is 17.6 Å². The summed E-state index contributed by atoms with van der Waals surface area (Å²) in [7, 11) is 0. The molecule has 1 saturated heterocycles. The number of hydrogen-bond donors (Lipinski definition) is 1. The van der Waals surface area contributed by atoms with Crippen LogP contribution in [0.15, 0.2) is 59.7 Å². The lowest BCUT2D eigenvalue weighted by Gasteiger charge is -2.30. The zero-order valence-electron chi connectivity index (χ0n) is 19.2. The highest BCUT2D eigenvalue weighted by atomic mass is 79.9. The molecule has 2 aromatic carbocycles. The number of halogens is 1. The molecule has 2 aliphatic rings. The summed E-state index contributed by atoms with van der Waals surface area (Å²) in [6.45, 7) is 3.29. The van der Waals surface area contributed by atoms with Crippen LogP contribution in [0.4, 0.5) is 10.8 Å². The number of carbonyl (C=O) groups is 1. The van der Waals surface area contributed by atoms with Crippen molar-refractivity contribution >= 4 is 51.3 Å². The fourth-order valence-electron chi connectivity index (χ4n) is 4.58. The molecule has 0 atom stereocenters. The minimum atomic E-state index is -0.106. The Morgan fingerprint density at radius 2 is 1.76 bits per heavy atom. The van der Waals surface area contributed by atoms with Crippen molar-refractivity contribution < 1.29 is 4.79 Å². The first-order valence-corrected chi connectivity index (χ1v) is 12.6. The van der Waals surface area contributed by atoms with Crippen LogP contribution in [0.5, 0.6) is 0 Å². The van der Waals surface area contributed by atoms with Gasteiger partial charge in [-0.25, -0.2) is 10.4 Å². The Hall–Kier alpha value is -2.71. The Balaban J connectivity index is 0.00000274. The summed E-state index contributed by atoms with van der Waals surface area (Å²) in [6, 6.07) is 18.5. The molecule has 5 rings (SSSR count). The van der Waals surface area contributed by atoms with Crippen molar-refractivity contribution in [1.29, 1.82) is 0 Å². The Morgan fingerprint density at radius 1 is 1.00 bits per heavy atom. The predicted molar refractivity (Wildman–Crippen MR) is 147 cm³/mol. The van der Waals surface area contributed by atoms with Gasteiger partial charge < -0.3 is 9.80 Å². The average molecular weight is 541 g/mol. The van der Waals surface area contributed by atoms with Crippen LogP contribution in [0.25, 0.3) is 11.3 Å². The van der Waals surface area contributed by atoms with Crippen molar-refractivity contribution in [3.05, 3.63) is 65.0 Å². The monoisotopic (exact) mass is 539 g/mol. The first kappa shape index (κ1) is 24.4. The second-order valence-corrected chi connectivity index (χ2v) is 9.58. The number of hydrazone groups is 1. The number of benzene rings is 2. The van der Waals surface area contributed by atoms with E-state index in [9.17, 15) is 4.79 Å². The van der Waals surface area contributed by atoms with Crippen molar-refractivity contribution in [2.24, 2.45) is 5.10 Å². The highest BCUT2D eigenvalue weighted by molar-refractivity contribution is 8.93. The van der Waals surface area contributed by atoms with Gasteiger partial charge >= 0.3 is 0 Å². The second-order valence-electron chi connectivity index (χ2n) is 8.57. The van der Waals surface area contributed by atoms with E-state index in [1.165, 1.54) is 24.8 Å². The maximum Gasteiger partial charge on any atom is 0.259 e. The minimum Gasteiger partial charge on any atom is -0.362 e. The molecule has 0 unspecified atom stereocenters. The van der Waals surface area contributed by atoms with Crippen LogP contribution in [-0.2, 0) is 11.2 Å². The Bertz CT molecular complexity index is 1130. The van der Waals surface area contributed by atoms with Crippen molar-refractivity contribution in [1.82, 2.24) is 10.4 Å². The van der Waals surface area contributed by atoms with E-state index in [1.807, 2.05) is 24.3 Å². The number of aryl methyl sites for hydroxylation is 1. The normalized spacial score (nSPS) is 15.6. The molecular formula is C26H30BrN5OS. The maximum atomic E-state index is 12.6. The first-order valence-electron chi connectivity index (χ1n) is 11.7. The van der Waals surface area contributed by atoms with Gasteiger partial charge in [0.05, 0.1) is 23.3 Å². The van der Waals surface area contributed by atoms with Crippen molar-refractivity contribution in [3.8, 4) is 11.3 Å². The molecule has 0 radical (unpaired) electrons. The SMILES string of the molecule is Br.O=C(CN1CCCc2ccccc21)NN=Cc1sc(N2CCCCC2)nc1-c1ccccc1. The summed E-state index contributed by atoms with van der Waals surface area (Å²) in [5.41, 5.74) is 7.18. The molecule has 0 spiro atoms. The number of para-hydroxylation sites is 1. The second kappa shape index (κ2) is 11.6. The number of aromatic nitrogens is 1. The van der Waals surface area contributed by atoms with Gasteiger partial charge in [-0.05, 0) is 43.7 Å². The molecule has 178 valence electrons. The average Bonchev–Trinajstić information content (AvgIpc) is 3.30. The van der Waals surface area contributed by atoms with E-state index in [-0.39, 0.29) is 22.9 Å². The number of rotatable bonds is 6. The molecule has 0 bridgehead atoms. The molecule has 0 saturated carbocycles.